The first-order valence-electron chi connectivity index (χ1n) is 10.2. The fraction of sp³-hybridized carbons (Fsp3) is 0.850. The van der Waals surface area contributed by atoms with Gasteiger partial charge in [-0.3, -0.25) is 4.79 Å². The summed E-state index contributed by atoms with van der Waals surface area (Å²) >= 11 is 0. The standard InChI is InChI=1S/C20H24O10/c1-5-6-8(27-13(5)24)10(22)19-12-7(21)9(17(2,3)4)18(19)11(23)14(25)29-16(18)30-20(6,19)15(26)28-12/h5-12,16,21-23H,1-4H3/t5-,6?,7+,8+,9-,10+,11-,12-,16-,18?,19+,20-/m0/s1. The highest BCUT2D eigenvalue weighted by molar-refractivity contribution is 5.92. The van der Waals surface area contributed by atoms with Gasteiger partial charge in [-0.25, -0.2) is 9.59 Å². The molecule has 0 aromatic carbocycles. The van der Waals surface area contributed by atoms with Crippen LogP contribution in [0.4, 0.5) is 0 Å². The predicted molar refractivity (Wildman–Crippen MR) is 91.9 cm³/mol. The lowest BCUT2D eigenvalue weighted by molar-refractivity contribution is -0.208. The van der Waals surface area contributed by atoms with Crippen LogP contribution in [-0.2, 0) is 33.3 Å². The number of carbonyl (C=O) groups is 3. The summed E-state index contributed by atoms with van der Waals surface area (Å²) in [5, 5.41) is 34.2. The molecule has 2 aliphatic carbocycles. The van der Waals surface area contributed by atoms with E-state index in [1.807, 2.05) is 20.8 Å². The van der Waals surface area contributed by atoms with E-state index in [9.17, 15) is 29.7 Å². The van der Waals surface area contributed by atoms with Crippen molar-refractivity contribution in [1.29, 1.82) is 0 Å². The first kappa shape index (κ1) is 19.0. The number of hydrogen-bond acceptors (Lipinski definition) is 10. The Morgan fingerprint density at radius 2 is 1.63 bits per heavy atom. The molecule has 6 aliphatic rings. The second-order valence-corrected chi connectivity index (χ2v) is 10.6. The highest BCUT2D eigenvalue weighted by atomic mass is 16.7. The van der Waals surface area contributed by atoms with Gasteiger partial charge in [0.25, 0.3) is 0 Å². The normalized spacial score (nSPS) is 60.1. The number of aliphatic hydroxyl groups excluding tert-OH is 3. The zero-order valence-electron chi connectivity index (χ0n) is 16.9. The van der Waals surface area contributed by atoms with Crippen molar-refractivity contribution in [1.82, 2.24) is 0 Å². The molecule has 10 heteroatoms. The van der Waals surface area contributed by atoms with E-state index in [0.717, 1.165) is 0 Å². The van der Waals surface area contributed by atoms with Crippen molar-refractivity contribution in [3.63, 3.8) is 0 Å². The Morgan fingerprint density at radius 3 is 2.27 bits per heavy atom. The Labute approximate surface area is 171 Å². The van der Waals surface area contributed by atoms with Crippen LogP contribution in [0.1, 0.15) is 27.7 Å². The summed E-state index contributed by atoms with van der Waals surface area (Å²) in [7, 11) is 0. The average molecular weight is 424 g/mol. The van der Waals surface area contributed by atoms with E-state index >= 15 is 0 Å². The van der Waals surface area contributed by atoms with Crippen LogP contribution >= 0.6 is 0 Å². The molecule has 4 saturated heterocycles. The van der Waals surface area contributed by atoms with Crippen LogP contribution in [0.25, 0.3) is 0 Å². The number of aliphatic hydroxyl groups is 3. The third-order valence-electron chi connectivity index (χ3n) is 8.76. The van der Waals surface area contributed by atoms with Crippen LogP contribution in [0.2, 0.25) is 0 Å². The van der Waals surface area contributed by atoms with Crippen LogP contribution in [-0.4, -0.2) is 75.6 Å². The van der Waals surface area contributed by atoms with Crippen LogP contribution in [0.15, 0.2) is 0 Å². The maximum absolute atomic E-state index is 13.3. The highest BCUT2D eigenvalue weighted by Gasteiger charge is 3.01. The molecule has 2 unspecified atom stereocenters. The van der Waals surface area contributed by atoms with Crippen molar-refractivity contribution in [3.05, 3.63) is 0 Å². The quantitative estimate of drug-likeness (QED) is 0.309. The Hall–Kier alpha value is -1.75. The van der Waals surface area contributed by atoms with Crippen molar-refractivity contribution in [2.24, 2.45) is 34.0 Å². The fourth-order valence-corrected chi connectivity index (χ4v) is 8.28. The Morgan fingerprint density at radius 1 is 0.967 bits per heavy atom. The number of esters is 3. The Kier molecular flexibility index (Phi) is 3.06. The third kappa shape index (κ3) is 1.40. The van der Waals surface area contributed by atoms with Crippen LogP contribution in [0, 0.1) is 34.0 Å². The molecule has 4 aliphatic heterocycles. The van der Waals surface area contributed by atoms with Gasteiger partial charge in [-0.15, -0.1) is 0 Å². The van der Waals surface area contributed by atoms with E-state index in [4.69, 9.17) is 18.9 Å². The third-order valence-corrected chi connectivity index (χ3v) is 8.76. The summed E-state index contributed by atoms with van der Waals surface area (Å²) in [4.78, 5) is 38.2. The molecule has 6 rings (SSSR count). The zero-order chi connectivity index (χ0) is 21.8. The van der Waals surface area contributed by atoms with Gasteiger partial charge in [0.1, 0.15) is 18.3 Å². The molecule has 0 aromatic heterocycles. The lowest BCUT2D eigenvalue weighted by Crippen LogP contribution is -2.63. The minimum atomic E-state index is -1.89. The smallest absolute Gasteiger partial charge is 0.340 e. The summed E-state index contributed by atoms with van der Waals surface area (Å²) in [6.07, 6.45) is -8.29. The Balaban J connectivity index is 1.71. The molecule has 10 nitrogen and oxygen atoms in total. The van der Waals surface area contributed by atoms with E-state index in [0.29, 0.717) is 0 Å². The summed E-state index contributed by atoms with van der Waals surface area (Å²) < 4.78 is 22.7. The minimum Gasteiger partial charge on any atom is -0.459 e. The number of ether oxygens (including phenoxy) is 4. The molecule has 30 heavy (non-hydrogen) atoms. The summed E-state index contributed by atoms with van der Waals surface area (Å²) in [5.74, 6) is -4.90. The number of carbonyl (C=O) groups excluding carboxylic acids is 3. The predicted octanol–water partition coefficient (Wildman–Crippen LogP) is -1.51. The highest BCUT2D eigenvalue weighted by Crippen LogP contribution is 2.83. The maximum Gasteiger partial charge on any atom is 0.340 e. The van der Waals surface area contributed by atoms with Gasteiger partial charge in [0, 0.05) is 5.92 Å². The van der Waals surface area contributed by atoms with Crippen molar-refractivity contribution in [2.45, 2.75) is 70.1 Å². The molecule has 0 radical (unpaired) electrons. The molecule has 12 atom stereocenters. The minimum absolute atomic E-state index is 0.581. The van der Waals surface area contributed by atoms with Crippen molar-refractivity contribution >= 4 is 17.9 Å². The Bertz CT molecular complexity index is 910. The molecule has 0 amide bonds. The van der Waals surface area contributed by atoms with Gasteiger partial charge in [-0.1, -0.05) is 27.7 Å². The second-order valence-electron chi connectivity index (χ2n) is 10.6. The summed E-state index contributed by atoms with van der Waals surface area (Å²) in [6.45, 7) is 7.05. The van der Waals surface area contributed by atoms with Crippen LogP contribution in [0.5, 0.6) is 0 Å². The van der Waals surface area contributed by atoms with Crippen LogP contribution in [0.3, 0.4) is 0 Å². The van der Waals surface area contributed by atoms with E-state index in [2.05, 4.69) is 0 Å². The van der Waals surface area contributed by atoms with Gasteiger partial charge in [-0.2, -0.15) is 0 Å². The monoisotopic (exact) mass is 424 g/mol. The molecule has 0 aromatic rings. The first-order chi connectivity index (χ1) is 13.9. The first-order valence-corrected chi connectivity index (χ1v) is 10.2. The molecule has 2 saturated carbocycles. The van der Waals surface area contributed by atoms with E-state index in [-0.39, 0.29) is 0 Å². The van der Waals surface area contributed by atoms with Crippen molar-refractivity contribution in [2.75, 3.05) is 0 Å². The summed E-state index contributed by atoms with van der Waals surface area (Å²) in [5.41, 5.74) is -5.96. The number of fused-ring (bicyclic) bond motifs is 1. The molecular weight excluding hydrogens is 400 g/mol. The van der Waals surface area contributed by atoms with E-state index in [1.165, 1.54) is 0 Å². The molecule has 6 fully saturated rings. The number of hydrogen-bond donors (Lipinski definition) is 3. The van der Waals surface area contributed by atoms with Gasteiger partial charge in [0.2, 0.25) is 6.29 Å². The lowest BCUT2D eigenvalue weighted by atomic mass is 9.51. The average Bonchev–Trinajstić information content (AvgIpc) is 3.34. The van der Waals surface area contributed by atoms with Crippen molar-refractivity contribution in [3.8, 4) is 0 Å². The van der Waals surface area contributed by atoms with Gasteiger partial charge in [0.15, 0.2) is 11.7 Å². The molecular formula is C20H24O10. The SMILES string of the molecule is C[C@@H]1C(=O)O[C@@H]2C1[C@]13O[C@@H]4OC(=O)[C@H](O)C45[C@H](C(C)(C)C)[C@@H](O)[C@H](OC1=O)[C@]53[C@@H]2O. The molecule has 164 valence electrons. The van der Waals surface area contributed by atoms with E-state index in [1.54, 1.807) is 6.92 Å². The van der Waals surface area contributed by atoms with Crippen LogP contribution < -0.4 is 0 Å². The largest absolute Gasteiger partial charge is 0.459 e. The van der Waals surface area contributed by atoms with Gasteiger partial charge < -0.3 is 34.3 Å². The van der Waals surface area contributed by atoms with Gasteiger partial charge >= 0.3 is 17.9 Å². The topological polar surface area (TPSA) is 149 Å². The van der Waals surface area contributed by atoms with Gasteiger partial charge in [-0.05, 0) is 5.41 Å². The maximum atomic E-state index is 13.3. The lowest BCUT2D eigenvalue weighted by Gasteiger charge is -2.47. The fourth-order valence-electron chi connectivity index (χ4n) is 8.28. The van der Waals surface area contributed by atoms with Crippen molar-refractivity contribution < 1.29 is 48.7 Å². The zero-order valence-corrected chi connectivity index (χ0v) is 16.9. The molecule has 4 heterocycles. The van der Waals surface area contributed by atoms with E-state index < -0.39 is 94.3 Å². The van der Waals surface area contributed by atoms with Gasteiger partial charge in [0.05, 0.1) is 28.8 Å². The number of rotatable bonds is 0. The second kappa shape index (κ2) is 4.85. The summed E-state index contributed by atoms with van der Waals surface area (Å²) in [6, 6.07) is 0. The molecule has 3 N–H and O–H groups in total. The molecule has 0 bridgehead atoms. The molecule has 2 spiro atoms.